The molecule has 0 atom stereocenters. The van der Waals surface area contributed by atoms with Gasteiger partial charge >= 0.3 is 0 Å². The van der Waals surface area contributed by atoms with Crippen LogP contribution in [0.15, 0.2) is 24.3 Å². The Bertz CT molecular complexity index is 390. The number of piperidine rings is 1. The zero-order chi connectivity index (χ0) is 14.4. The van der Waals surface area contributed by atoms with E-state index in [1.54, 1.807) is 12.1 Å². The molecule has 1 N–H and O–H groups in total. The van der Waals surface area contributed by atoms with Gasteiger partial charge in [0.25, 0.3) is 6.43 Å². The number of nitrogens with one attached hydrogen (secondary N) is 1. The second-order valence-corrected chi connectivity index (χ2v) is 5.65. The van der Waals surface area contributed by atoms with Crippen LogP contribution in [0.4, 0.5) is 8.78 Å². The Morgan fingerprint density at radius 3 is 2.33 bits per heavy atom. The average Bonchev–Trinajstić information content (AvgIpc) is 2.47. The standard InChI is InChI=1S/C16H24F2N2.ClH/c1-19-9-6-13-7-10-20(11-8-13)12-14-2-4-15(5-3-14)16(17)18;/h2-5,13,16,19H,6-12H2,1H3;1H. The first-order valence-corrected chi connectivity index (χ1v) is 7.43. The summed E-state index contributed by atoms with van der Waals surface area (Å²) in [6.45, 7) is 4.21. The van der Waals surface area contributed by atoms with Crippen LogP contribution in [0.2, 0.25) is 0 Å². The lowest BCUT2D eigenvalue weighted by Crippen LogP contribution is -2.34. The predicted molar refractivity (Wildman–Crippen MR) is 85.2 cm³/mol. The van der Waals surface area contributed by atoms with Crippen LogP contribution < -0.4 is 5.32 Å². The second-order valence-electron chi connectivity index (χ2n) is 5.65. The van der Waals surface area contributed by atoms with E-state index in [1.807, 2.05) is 19.2 Å². The third-order valence-corrected chi connectivity index (χ3v) is 4.15. The molecule has 0 radical (unpaired) electrons. The number of nitrogens with zero attached hydrogens (tertiary/aromatic N) is 1. The minimum absolute atomic E-state index is 0. The molecule has 120 valence electrons. The highest BCUT2D eigenvalue weighted by Gasteiger charge is 2.18. The fraction of sp³-hybridized carbons (Fsp3) is 0.625. The highest BCUT2D eigenvalue weighted by Crippen LogP contribution is 2.23. The maximum absolute atomic E-state index is 12.5. The van der Waals surface area contributed by atoms with Gasteiger partial charge in [-0.1, -0.05) is 24.3 Å². The van der Waals surface area contributed by atoms with Crippen LogP contribution in [-0.4, -0.2) is 31.6 Å². The SMILES string of the molecule is CNCCC1CCN(Cc2ccc(C(F)F)cc2)CC1.Cl. The minimum Gasteiger partial charge on any atom is -0.320 e. The number of halogens is 3. The lowest BCUT2D eigenvalue weighted by Gasteiger charge is -2.32. The molecule has 0 bridgehead atoms. The topological polar surface area (TPSA) is 15.3 Å². The van der Waals surface area contributed by atoms with Gasteiger partial charge in [-0.15, -0.1) is 12.4 Å². The van der Waals surface area contributed by atoms with Crippen LogP contribution in [0.3, 0.4) is 0 Å². The molecule has 0 spiro atoms. The van der Waals surface area contributed by atoms with Crippen LogP contribution >= 0.6 is 12.4 Å². The van der Waals surface area contributed by atoms with Gasteiger partial charge in [0.05, 0.1) is 0 Å². The van der Waals surface area contributed by atoms with Gasteiger partial charge in [-0.3, -0.25) is 4.90 Å². The molecule has 2 rings (SSSR count). The van der Waals surface area contributed by atoms with Crippen molar-refractivity contribution in [3.63, 3.8) is 0 Å². The van der Waals surface area contributed by atoms with Crippen LogP contribution in [-0.2, 0) is 6.54 Å². The molecule has 1 heterocycles. The van der Waals surface area contributed by atoms with Crippen LogP contribution in [0, 0.1) is 5.92 Å². The number of rotatable bonds is 6. The van der Waals surface area contributed by atoms with Crippen molar-refractivity contribution < 1.29 is 8.78 Å². The number of hydrogen-bond acceptors (Lipinski definition) is 2. The number of hydrogen-bond donors (Lipinski definition) is 1. The summed E-state index contributed by atoms with van der Waals surface area (Å²) >= 11 is 0. The summed E-state index contributed by atoms with van der Waals surface area (Å²) in [6.07, 6.45) is 1.38. The monoisotopic (exact) mass is 318 g/mol. The molecular weight excluding hydrogens is 294 g/mol. The first-order valence-electron chi connectivity index (χ1n) is 7.43. The molecule has 0 aromatic heterocycles. The summed E-state index contributed by atoms with van der Waals surface area (Å²) in [4.78, 5) is 2.42. The van der Waals surface area contributed by atoms with Crippen molar-refractivity contribution in [2.24, 2.45) is 5.92 Å². The minimum atomic E-state index is -2.37. The van der Waals surface area contributed by atoms with Crippen molar-refractivity contribution in [3.8, 4) is 0 Å². The van der Waals surface area contributed by atoms with E-state index in [-0.39, 0.29) is 18.0 Å². The van der Waals surface area contributed by atoms with E-state index < -0.39 is 6.43 Å². The normalized spacial score (nSPS) is 17.0. The Morgan fingerprint density at radius 1 is 1.19 bits per heavy atom. The summed E-state index contributed by atoms with van der Waals surface area (Å²) < 4.78 is 25.0. The van der Waals surface area contributed by atoms with E-state index in [2.05, 4.69) is 10.2 Å². The Hall–Kier alpha value is -0.710. The van der Waals surface area contributed by atoms with Gasteiger partial charge in [-0.05, 0) is 57.4 Å². The molecular formula is C16H25ClF2N2. The fourth-order valence-electron chi connectivity index (χ4n) is 2.81. The smallest absolute Gasteiger partial charge is 0.263 e. The molecule has 0 aliphatic carbocycles. The van der Waals surface area contributed by atoms with Crippen molar-refractivity contribution in [3.05, 3.63) is 35.4 Å². The van der Waals surface area contributed by atoms with Gasteiger partial charge in [-0.2, -0.15) is 0 Å². The Morgan fingerprint density at radius 2 is 1.81 bits per heavy atom. The van der Waals surface area contributed by atoms with Crippen molar-refractivity contribution in [2.45, 2.75) is 32.2 Å². The first kappa shape index (κ1) is 18.3. The molecule has 1 aliphatic heterocycles. The highest BCUT2D eigenvalue weighted by atomic mass is 35.5. The summed E-state index contributed by atoms with van der Waals surface area (Å²) in [5, 5.41) is 3.21. The fourth-order valence-corrected chi connectivity index (χ4v) is 2.81. The van der Waals surface area contributed by atoms with E-state index in [4.69, 9.17) is 0 Å². The van der Waals surface area contributed by atoms with Gasteiger partial charge in [-0.25, -0.2) is 8.78 Å². The van der Waals surface area contributed by atoms with Gasteiger partial charge in [0.1, 0.15) is 0 Å². The molecule has 0 unspecified atom stereocenters. The van der Waals surface area contributed by atoms with Gasteiger partial charge in [0, 0.05) is 12.1 Å². The van der Waals surface area contributed by atoms with E-state index in [1.165, 1.54) is 19.3 Å². The molecule has 1 saturated heterocycles. The molecule has 0 saturated carbocycles. The van der Waals surface area contributed by atoms with Crippen molar-refractivity contribution in [1.29, 1.82) is 0 Å². The summed E-state index contributed by atoms with van der Waals surface area (Å²) in [7, 11) is 2.00. The first-order chi connectivity index (χ1) is 9.69. The number of alkyl halides is 2. The zero-order valence-corrected chi connectivity index (χ0v) is 13.3. The lowest BCUT2D eigenvalue weighted by molar-refractivity contribution is 0.151. The molecule has 21 heavy (non-hydrogen) atoms. The predicted octanol–water partition coefficient (Wildman–Crippen LogP) is 3.87. The largest absolute Gasteiger partial charge is 0.320 e. The maximum atomic E-state index is 12.5. The highest BCUT2D eigenvalue weighted by molar-refractivity contribution is 5.85. The van der Waals surface area contributed by atoms with Crippen molar-refractivity contribution in [2.75, 3.05) is 26.7 Å². The Kier molecular flexibility index (Phi) is 8.15. The van der Waals surface area contributed by atoms with Gasteiger partial charge in [0.15, 0.2) is 0 Å². The Labute approximate surface area is 132 Å². The van der Waals surface area contributed by atoms with E-state index in [0.717, 1.165) is 37.7 Å². The van der Waals surface area contributed by atoms with E-state index >= 15 is 0 Å². The quantitative estimate of drug-likeness (QED) is 0.856. The number of benzene rings is 1. The lowest BCUT2D eigenvalue weighted by atomic mass is 9.93. The van der Waals surface area contributed by atoms with Crippen molar-refractivity contribution >= 4 is 12.4 Å². The number of likely N-dealkylation sites (tertiary alicyclic amines) is 1. The third kappa shape index (κ3) is 5.89. The van der Waals surface area contributed by atoms with E-state index in [0.29, 0.717) is 0 Å². The molecule has 2 nitrogen and oxygen atoms in total. The third-order valence-electron chi connectivity index (χ3n) is 4.15. The molecule has 1 aromatic carbocycles. The maximum Gasteiger partial charge on any atom is 0.263 e. The van der Waals surface area contributed by atoms with Crippen LogP contribution in [0.25, 0.3) is 0 Å². The Balaban J connectivity index is 0.00000220. The van der Waals surface area contributed by atoms with Gasteiger partial charge < -0.3 is 5.32 Å². The molecule has 1 aliphatic rings. The summed E-state index contributed by atoms with van der Waals surface area (Å²) in [5.41, 5.74) is 1.24. The second kappa shape index (κ2) is 9.34. The van der Waals surface area contributed by atoms with Gasteiger partial charge in [0.2, 0.25) is 0 Å². The van der Waals surface area contributed by atoms with Crippen molar-refractivity contribution in [1.82, 2.24) is 10.2 Å². The van der Waals surface area contributed by atoms with Crippen LogP contribution in [0.1, 0.15) is 36.8 Å². The average molecular weight is 319 g/mol. The van der Waals surface area contributed by atoms with Crippen LogP contribution in [0.5, 0.6) is 0 Å². The molecule has 1 aromatic rings. The van der Waals surface area contributed by atoms with E-state index in [9.17, 15) is 8.78 Å². The zero-order valence-electron chi connectivity index (χ0n) is 12.5. The summed E-state index contributed by atoms with van der Waals surface area (Å²) in [5.74, 6) is 0.833. The molecule has 0 amide bonds. The summed E-state index contributed by atoms with van der Waals surface area (Å²) in [6, 6.07) is 6.74. The molecule has 1 fully saturated rings. The molecule has 5 heteroatoms.